The van der Waals surface area contributed by atoms with Gasteiger partial charge in [-0.25, -0.2) is 9.59 Å². The Bertz CT molecular complexity index is 326. The molecule has 1 saturated heterocycles. The Morgan fingerprint density at radius 2 is 2.05 bits per heavy atom. The second-order valence-electron chi connectivity index (χ2n) is 6.06. The number of ether oxygens (including phenoxy) is 1. The highest BCUT2D eigenvalue weighted by molar-refractivity contribution is 5.73. The molecule has 3 amide bonds. The van der Waals surface area contributed by atoms with Gasteiger partial charge in [-0.15, -0.1) is 0 Å². The number of carbonyl (C=O) groups excluding carboxylic acids is 2. The molecule has 1 aliphatic rings. The summed E-state index contributed by atoms with van der Waals surface area (Å²) < 4.78 is 5.31. The summed E-state index contributed by atoms with van der Waals surface area (Å²) in [7, 11) is 1.57. The van der Waals surface area contributed by atoms with Crippen LogP contribution in [0.3, 0.4) is 0 Å². The maximum Gasteiger partial charge on any atom is 0.410 e. The maximum atomic E-state index is 12.0. The lowest BCUT2D eigenvalue weighted by atomic mass is 9.99. The van der Waals surface area contributed by atoms with Crippen LogP contribution in [0.25, 0.3) is 0 Å². The van der Waals surface area contributed by atoms with Crippen molar-refractivity contribution in [3.05, 3.63) is 0 Å². The van der Waals surface area contributed by atoms with Crippen LogP contribution in [0.2, 0.25) is 0 Å². The number of hydrogen-bond donors (Lipinski definition) is 2. The fraction of sp³-hybridized carbons (Fsp3) is 0.846. The Balaban J connectivity index is 2.42. The molecule has 0 aromatic rings. The summed E-state index contributed by atoms with van der Waals surface area (Å²) in [6.45, 7) is 7.63. The van der Waals surface area contributed by atoms with Crippen LogP contribution in [0.5, 0.6) is 0 Å². The summed E-state index contributed by atoms with van der Waals surface area (Å²) in [5, 5.41) is 5.23. The fourth-order valence-electron chi connectivity index (χ4n) is 1.95. The van der Waals surface area contributed by atoms with Crippen molar-refractivity contribution in [1.29, 1.82) is 0 Å². The standard InChI is InChI=1S/C13H25N3O3/c1-13(2,3)9-19-12(18)16-7-5-6-10(16)8-15-11(17)14-4/h10H,5-9H2,1-4H3,(H2,14,15,17)/t10-/m1/s1. The molecule has 6 nitrogen and oxygen atoms in total. The molecule has 0 aromatic carbocycles. The van der Waals surface area contributed by atoms with Gasteiger partial charge in [-0.2, -0.15) is 0 Å². The first kappa shape index (κ1) is 15.6. The van der Waals surface area contributed by atoms with Crippen LogP contribution in [0.15, 0.2) is 0 Å². The van der Waals surface area contributed by atoms with Gasteiger partial charge in [-0.1, -0.05) is 20.8 Å². The largest absolute Gasteiger partial charge is 0.449 e. The van der Waals surface area contributed by atoms with E-state index >= 15 is 0 Å². The van der Waals surface area contributed by atoms with Crippen LogP contribution in [0, 0.1) is 5.41 Å². The minimum atomic E-state index is -0.281. The minimum Gasteiger partial charge on any atom is -0.449 e. The van der Waals surface area contributed by atoms with E-state index in [-0.39, 0.29) is 23.6 Å². The number of rotatable bonds is 3. The molecule has 0 radical (unpaired) electrons. The molecular weight excluding hydrogens is 246 g/mol. The first-order valence-corrected chi connectivity index (χ1v) is 6.72. The van der Waals surface area contributed by atoms with Gasteiger partial charge in [0.1, 0.15) is 0 Å². The summed E-state index contributed by atoms with van der Waals surface area (Å²) in [6, 6.07) is -0.195. The van der Waals surface area contributed by atoms with Gasteiger partial charge in [0, 0.05) is 20.1 Å². The van der Waals surface area contributed by atoms with Crippen molar-refractivity contribution in [3.8, 4) is 0 Å². The van der Waals surface area contributed by atoms with Crippen LogP contribution in [-0.4, -0.2) is 49.8 Å². The van der Waals surface area contributed by atoms with Gasteiger partial charge in [0.25, 0.3) is 0 Å². The molecule has 0 saturated carbocycles. The summed E-state index contributed by atoms with van der Waals surface area (Å²) in [5.41, 5.74) is -0.0365. The van der Waals surface area contributed by atoms with Gasteiger partial charge in [0.05, 0.1) is 12.6 Å². The molecule has 6 heteroatoms. The summed E-state index contributed by atoms with van der Waals surface area (Å²) >= 11 is 0. The second kappa shape index (κ2) is 6.63. The van der Waals surface area contributed by atoms with Crippen LogP contribution in [0.4, 0.5) is 9.59 Å². The number of likely N-dealkylation sites (tertiary alicyclic amines) is 1. The number of amides is 3. The van der Waals surface area contributed by atoms with E-state index in [0.29, 0.717) is 19.7 Å². The molecule has 1 atom stereocenters. The molecule has 1 aliphatic heterocycles. The fourth-order valence-corrected chi connectivity index (χ4v) is 1.95. The van der Waals surface area contributed by atoms with Gasteiger partial charge in [0.2, 0.25) is 0 Å². The van der Waals surface area contributed by atoms with E-state index in [4.69, 9.17) is 4.74 Å². The monoisotopic (exact) mass is 271 g/mol. The molecule has 0 aliphatic carbocycles. The van der Waals surface area contributed by atoms with Crippen LogP contribution in [0.1, 0.15) is 33.6 Å². The van der Waals surface area contributed by atoms with Crippen LogP contribution >= 0.6 is 0 Å². The molecular formula is C13H25N3O3. The van der Waals surface area contributed by atoms with Gasteiger partial charge in [-0.05, 0) is 18.3 Å². The van der Waals surface area contributed by atoms with Crippen molar-refractivity contribution in [3.63, 3.8) is 0 Å². The SMILES string of the molecule is CNC(=O)NC[C@H]1CCCN1C(=O)OCC(C)(C)C. The molecule has 0 aromatic heterocycles. The third-order valence-electron chi connectivity index (χ3n) is 2.97. The number of hydrogen-bond acceptors (Lipinski definition) is 3. The third kappa shape index (κ3) is 5.36. The van der Waals surface area contributed by atoms with Crippen LogP contribution < -0.4 is 10.6 Å². The van der Waals surface area contributed by atoms with E-state index < -0.39 is 0 Å². The van der Waals surface area contributed by atoms with E-state index in [0.717, 1.165) is 12.8 Å². The van der Waals surface area contributed by atoms with Crippen molar-refractivity contribution in [2.75, 3.05) is 26.7 Å². The van der Waals surface area contributed by atoms with Crippen LogP contribution in [-0.2, 0) is 4.74 Å². The molecule has 0 bridgehead atoms. The Morgan fingerprint density at radius 1 is 1.37 bits per heavy atom. The topological polar surface area (TPSA) is 70.7 Å². The Labute approximate surface area is 114 Å². The Hall–Kier alpha value is -1.46. The summed E-state index contributed by atoms with van der Waals surface area (Å²) in [4.78, 5) is 24.8. The highest BCUT2D eigenvalue weighted by Crippen LogP contribution is 2.19. The minimum absolute atomic E-state index is 0.0322. The average Bonchev–Trinajstić information content (AvgIpc) is 2.80. The van der Waals surface area contributed by atoms with Crippen molar-refractivity contribution < 1.29 is 14.3 Å². The smallest absolute Gasteiger partial charge is 0.410 e. The normalized spacial score (nSPS) is 19.2. The molecule has 110 valence electrons. The predicted molar refractivity (Wildman–Crippen MR) is 73.0 cm³/mol. The molecule has 0 unspecified atom stereocenters. The zero-order valence-electron chi connectivity index (χ0n) is 12.3. The molecule has 0 spiro atoms. The molecule has 1 fully saturated rings. The van der Waals surface area contributed by atoms with Crippen molar-refractivity contribution in [1.82, 2.24) is 15.5 Å². The third-order valence-corrected chi connectivity index (χ3v) is 2.97. The second-order valence-corrected chi connectivity index (χ2v) is 6.06. The summed E-state index contributed by atoms with van der Waals surface area (Å²) in [5.74, 6) is 0. The van der Waals surface area contributed by atoms with E-state index in [1.807, 2.05) is 20.8 Å². The lowest BCUT2D eigenvalue weighted by Gasteiger charge is -2.26. The summed E-state index contributed by atoms with van der Waals surface area (Å²) in [6.07, 6.45) is 1.57. The first-order valence-electron chi connectivity index (χ1n) is 6.72. The lowest BCUT2D eigenvalue weighted by Crippen LogP contribution is -2.45. The van der Waals surface area contributed by atoms with E-state index in [9.17, 15) is 9.59 Å². The first-order chi connectivity index (χ1) is 8.83. The van der Waals surface area contributed by atoms with Gasteiger partial charge < -0.3 is 20.3 Å². The number of urea groups is 1. The number of nitrogens with one attached hydrogen (secondary N) is 2. The zero-order valence-corrected chi connectivity index (χ0v) is 12.3. The van der Waals surface area contributed by atoms with E-state index in [2.05, 4.69) is 10.6 Å². The Morgan fingerprint density at radius 3 is 2.63 bits per heavy atom. The van der Waals surface area contributed by atoms with Crippen molar-refractivity contribution in [2.45, 2.75) is 39.7 Å². The van der Waals surface area contributed by atoms with Gasteiger partial charge in [0.15, 0.2) is 0 Å². The molecule has 1 rings (SSSR count). The van der Waals surface area contributed by atoms with Crippen molar-refractivity contribution >= 4 is 12.1 Å². The molecule has 1 heterocycles. The quantitative estimate of drug-likeness (QED) is 0.818. The van der Waals surface area contributed by atoms with E-state index in [1.54, 1.807) is 11.9 Å². The lowest BCUT2D eigenvalue weighted by molar-refractivity contribution is 0.0691. The van der Waals surface area contributed by atoms with E-state index in [1.165, 1.54) is 0 Å². The highest BCUT2D eigenvalue weighted by atomic mass is 16.6. The van der Waals surface area contributed by atoms with Gasteiger partial charge >= 0.3 is 12.1 Å². The number of carbonyl (C=O) groups is 2. The van der Waals surface area contributed by atoms with Crippen molar-refractivity contribution in [2.24, 2.45) is 5.41 Å². The predicted octanol–water partition coefficient (Wildman–Crippen LogP) is 1.56. The maximum absolute atomic E-state index is 12.0. The number of nitrogens with zero attached hydrogens (tertiary/aromatic N) is 1. The molecule has 2 N–H and O–H groups in total. The van der Waals surface area contributed by atoms with Gasteiger partial charge in [-0.3, -0.25) is 0 Å². The molecule has 19 heavy (non-hydrogen) atoms. The Kier molecular flexibility index (Phi) is 5.44. The highest BCUT2D eigenvalue weighted by Gasteiger charge is 2.30. The average molecular weight is 271 g/mol. The zero-order chi connectivity index (χ0) is 14.5.